The van der Waals surface area contributed by atoms with Gasteiger partial charge in [0.25, 0.3) is 0 Å². The molecule has 0 spiro atoms. The molecule has 10 nitrogen and oxygen atoms in total. The Morgan fingerprint density at radius 3 is 2.36 bits per heavy atom. The van der Waals surface area contributed by atoms with Gasteiger partial charge in [0.2, 0.25) is 5.91 Å². The lowest BCUT2D eigenvalue weighted by molar-refractivity contribution is -0.143. The molecule has 304 valence electrons. The van der Waals surface area contributed by atoms with E-state index in [0.717, 1.165) is 100.0 Å². The molecule has 5 aromatic rings. The summed E-state index contributed by atoms with van der Waals surface area (Å²) < 4.78 is 13.7. The summed E-state index contributed by atoms with van der Waals surface area (Å²) in [4.78, 5) is 25.7. The van der Waals surface area contributed by atoms with Crippen molar-refractivity contribution in [2.75, 3.05) is 27.3 Å². The molecule has 1 aliphatic heterocycles. The Bertz CT molecular complexity index is 2300. The molecule has 1 aromatic heterocycles. The van der Waals surface area contributed by atoms with E-state index in [1.165, 1.54) is 12.8 Å². The van der Waals surface area contributed by atoms with Crippen LogP contribution in [0.1, 0.15) is 68.1 Å². The van der Waals surface area contributed by atoms with Gasteiger partial charge in [0, 0.05) is 77.3 Å². The lowest BCUT2D eigenvalue weighted by Crippen LogP contribution is -2.40. The minimum Gasteiger partial charge on any atom is -0.496 e. The Morgan fingerprint density at radius 2 is 1.64 bits per heavy atom. The van der Waals surface area contributed by atoms with Crippen molar-refractivity contribution >= 4 is 46.0 Å². The summed E-state index contributed by atoms with van der Waals surface area (Å²) in [6, 6.07) is 23.0. The molecule has 1 amide bonds. The summed E-state index contributed by atoms with van der Waals surface area (Å²) in [6.45, 7) is 3.51. The fourth-order valence-electron chi connectivity index (χ4n) is 8.81. The number of methoxy groups -OCH3 is 2. The van der Waals surface area contributed by atoms with Crippen LogP contribution >= 0.6 is 23.2 Å². The molecule has 58 heavy (non-hydrogen) atoms. The van der Waals surface area contributed by atoms with E-state index in [9.17, 15) is 14.7 Å². The quantitative estimate of drug-likeness (QED) is 0.0904. The number of hydrogen-bond donors (Lipinski definition) is 3. The highest BCUT2D eigenvalue weighted by molar-refractivity contribution is 6.36. The van der Waals surface area contributed by atoms with E-state index in [1.54, 1.807) is 14.2 Å². The van der Waals surface area contributed by atoms with Gasteiger partial charge in [-0.25, -0.2) is 0 Å². The number of carbonyl (C=O) groups excluding carboxylic acids is 1. The zero-order chi connectivity index (χ0) is 40.3. The second-order valence-corrected chi connectivity index (χ2v) is 16.9. The molecule has 12 heteroatoms. The van der Waals surface area contributed by atoms with E-state index in [2.05, 4.69) is 39.8 Å². The molecule has 3 aliphatic rings. The molecule has 0 unspecified atom stereocenters. The van der Waals surface area contributed by atoms with E-state index in [1.807, 2.05) is 53.3 Å². The van der Waals surface area contributed by atoms with Gasteiger partial charge in [-0.15, -0.1) is 0 Å². The summed E-state index contributed by atoms with van der Waals surface area (Å²) in [5, 5.41) is 23.1. The SMILES string of the molecule is COc1cc(-c2cccc(-c3cccc4c3cnn4Cc3cc(OC)c(CN(CC4CC4)C4CCC(C(=O)O)CC4)cc3Cl)c2Cl)ccc1CNC[C@@H]1CCC(=O)N1. The number of hydrogen-bond acceptors (Lipinski definition) is 7. The van der Waals surface area contributed by atoms with Gasteiger partial charge in [0.15, 0.2) is 0 Å². The lowest BCUT2D eigenvalue weighted by Gasteiger charge is -2.36. The number of nitrogens with one attached hydrogen (secondary N) is 2. The van der Waals surface area contributed by atoms with Gasteiger partial charge in [0.05, 0.1) is 43.4 Å². The van der Waals surface area contributed by atoms with Crippen LogP contribution in [-0.2, 0) is 29.2 Å². The highest BCUT2D eigenvalue weighted by Gasteiger charge is 2.33. The minimum atomic E-state index is -0.673. The van der Waals surface area contributed by atoms with E-state index < -0.39 is 5.97 Å². The van der Waals surface area contributed by atoms with E-state index in [-0.39, 0.29) is 17.9 Å². The highest BCUT2D eigenvalue weighted by Crippen LogP contribution is 2.41. The van der Waals surface area contributed by atoms with Crippen molar-refractivity contribution in [1.82, 2.24) is 25.3 Å². The molecule has 1 saturated heterocycles. The van der Waals surface area contributed by atoms with Crippen LogP contribution in [0.4, 0.5) is 0 Å². The number of rotatable bonds is 16. The topological polar surface area (TPSA) is 118 Å². The van der Waals surface area contributed by atoms with Crippen molar-refractivity contribution in [2.24, 2.45) is 11.8 Å². The van der Waals surface area contributed by atoms with Crippen LogP contribution in [0.25, 0.3) is 33.2 Å². The zero-order valence-electron chi connectivity index (χ0n) is 33.1. The van der Waals surface area contributed by atoms with Crippen molar-refractivity contribution in [3.05, 3.63) is 99.7 Å². The standard InChI is InChI=1S/C46H51Cl2N5O5/c1-57-42-20-30(11-12-31(42)22-49-23-34-15-18-44(54)51-34)36-5-3-7-38(45(36)48)37-6-4-8-41-39(37)24-50-53(41)27-32-21-43(58-2)33(19-40(32)47)26-52(25-28-9-10-28)35-16-13-29(14-17-35)46(55)56/h3-8,11-12,19-21,24,28-29,34-35,49H,9-10,13-18,22-23,25-27H2,1-2H3,(H,51,54)(H,55,56)/t29?,34-,35?/m0/s1. The molecule has 8 rings (SSSR count). The number of aromatic nitrogens is 2. The summed E-state index contributed by atoms with van der Waals surface area (Å²) in [5.74, 6) is 1.47. The summed E-state index contributed by atoms with van der Waals surface area (Å²) >= 11 is 14.3. The smallest absolute Gasteiger partial charge is 0.306 e. The molecular weight excluding hydrogens is 773 g/mol. The molecule has 4 aromatic carbocycles. The molecule has 0 bridgehead atoms. The Labute approximate surface area is 349 Å². The number of halogens is 2. The zero-order valence-corrected chi connectivity index (χ0v) is 34.6. The van der Waals surface area contributed by atoms with Gasteiger partial charge in [-0.1, -0.05) is 65.7 Å². The van der Waals surface area contributed by atoms with Crippen molar-refractivity contribution in [2.45, 2.75) is 83.1 Å². The molecule has 2 saturated carbocycles. The average Bonchev–Trinajstić information content (AvgIpc) is 3.81. The summed E-state index contributed by atoms with van der Waals surface area (Å²) in [7, 11) is 3.38. The van der Waals surface area contributed by atoms with Gasteiger partial charge in [-0.3, -0.25) is 19.2 Å². The Kier molecular flexibility index (Phi) is 12.3. The number of carbonyl (C=O) groups is 2. The molecule has 3 N–H and O–H groups in total. The Balaban J connectivity index is 1.00. The number of carboxylic acids is 1. The minimum absolute atomic E-state index is 0.114. The number of ether oxygens (including phenoxy) is 2. The van der Waals surface area contributed by atoms with Crippen molar-refractivity contribution in [3.8, 4) is 33.8 Å². The predicted octanol–water partition coefficient (Wildman–Crippen LogP) is 8.97. The number of benzene rings is 4. The van der Waals surface area contributed by atoms with Crippen molar-refractivity contribution < 1.29 is 24.2 Å². The maximum absolute atomic E-state index is 11.6. The molecular formula is C46H51Cl2N5O5. The van der Waals surface area contributed by atoms with E-state index in [0.29, 0.717) is 54.6 Å². The van der Waals surface area contributed by atoms with Crippen LogP contribution in [-0.4, -0.2) is 71.1 Å². The van der Waals surface area contributed by atoms with E-state index in [4.69, 9.17) is 37.8 Å². The molecule has 1 atom stereocenters. The van der Waals surface area contributed by atoms with Crippen LogP contribution in [0.15, 0.2) is 72.9 Å². The highest BCUT2D eigenvalue weighted by atomic mass is 35.5. The van der Waals surface area contributed by atoms with Gasteiger partial charge < -0.3 is 25.2 Å². The summed E-state index contributed by atoms with van der Waals surface area (Å²) in [6.07, 6.45) is 9.07. The first kappa shape index (κ1) is 40.2. The van der Waals surface area contributed by atoms with Crippen molar-refractivity contribution in [3.63, 3.8) is 0 Å². The van der Waals surface area contributed by atoms with Crippen molar-refractivity contribution in [1.29, 1.82) is 0 Å². The number of nitrogens with zero attached hydrogens (tertiary/aromatic N) is 3. The van der Waals surface area contributed by atoms with Gasteiger partial charge >= 0.3 is 5.97 Å². The molecule has 2 heterocycles. The Hall–Kier alpha value is -4.61. The van der Waals surface area contributed by atoms with E-state index >= 15 is 0 Å². The third-order valence-electron chi connectivity index (χ3n) is 12.3. The van der Waals surface area contributed by atoms with Gasteiger partial charge in [0.1, 0.15) is 11.5 Å². The van der Waals surface area contributed by atoms with Crippen LogP contribution in [0.2, 0.25) is 10.0 Å². The first-order valence-electron chi connectivity index (χ1n) is 20.4. The maximum atomic E-state index is 11.6. The monoisotopic (exact) mass is 823 g/mol. The van der Waals surface area contributed by atoms with Crippen LogP contribution < -0.4 is 20.1 Å². The first-order valence-corrected chi connectivity index (χ1v) is 21.2. The van der Waals surface area contributed by atoms with Gasteiger partial charge in [-0.2, -0.15) is 5.10 Å². The maximum Gasteiger partial charge on any atom is 0.306 e. The largest absolute Gasteiger partial charge is 0.496 e. The van der Waals surface area contributed by atoms with Crippen LogP contribution in [0, 0.1) is 11.8 Å². The molecule has 2 aliphatic carbocycles. The third kappa shape index (κ3) is 8.86. The van der Waals surface area contributed by atoms with Gasteiger partial charge in [-0.05, 0) is 91.8 Å². The average molecular weight is 825 g/mol. The molecule has 0 radical (unpaired) electrons. The fourth-order valence-corrected chi connectivity index (χ4v) is 9.39. The number of carboxylic acid groups (broad SMARTS) is 1. The normalized spacial score (nSPS) is 19.5. The third-order valence-corrected chi connectivity index (χ3v) is 13.0. The van der Waals surface area contributed by atoms with Crippen LogP contribution in [0.5, 0.6) is 11.5 Å². The number of fused-ring (bicyclic) bond motifs is 1. The fraction of sp³-hybridized carbons (Fsp3) is 0.413. The lowest BCUT2D eigenvalue weighted by atomic mass is 9.85. The number of aliphatic carboxylic acids is 1. The number of amides is 1. The van der Waals surface area contributed by atoms with Crippen LogP contribution in [0.3, 0.4) is 0 Å². The Morgan fingerprint density at radius 1 is 0.897 bits per heavy atom. The predicted molar refractivity (Wildman–Crippen MR) is 229 cm³/mol. The first-order chi connectivity index (χ1) is 28.2. The second-order valence-electron chi connectivity index (χ2n) is 16.1. The molecule has 3 fully saturated rings. The summed E-state index contributed by atoms with van der Waals surface area (Å²) in [5.41, 5.74) is 7.67. The second kappa shape index (κ2) is 17.7.